The van der Waals surface area contributed by atoms with E-state index in [-0.39, 0.29) is 18.0 Å². The second-order valence-corrected chi connectivity index (χ2v) is 6.75. The number of hydrogen-bond acceptors (Lipinski definition) is 5. The van der Waals surface area contributed by atoms with Gasteiger partial charge in [-0.3, -0.25) is 14.9 Å². The predicted molar refractivity (Wildman–Crippen MR) is 115 cm³/mol. The molecule has 0 bridgehead atoms. The molecule has 0 spiro atoms. The molecule has 30 heavy (non-hydrogen) atoms. The number of rotatable bonds is 8. The lowest BCUT2D eigenvalue weighted by atomic mass is 10.1. The van der Waals surface area contributed by atoms with Crippen molar-refractivity contribution in [1.82, 2.24) is 5.43 Å². The molecule has 3 aromatic rings. The summed E-state index contributed by atoms with van der Waals surface area (Å²) in [5, 5.41) is 15.2. The molecule has 152 valence electrons. The lowest BCUT2D eigenvalue weighted by molar-refractivity contribution is -0.384. The molecule has 0 aliphatic rings. The summed E-state index contributed by atoms with van der Waals surface area (Å²) in [5.41, 5.74) is 4.71. The largest absolute Gasteiger partial charge is 0.489 e. The molecule has 0 atom stereocenters. The molecule has 1 amide bonds. The Hall–Kier alpha value is -3.71. The van der Waals surface area contributed by atoms with Gasteiger partial charge in [0.1, 0.15) is 12.4 Å². The van der Waals surface area contributed by atoms with Gasteiger partial charge in [0, 0.05) is 22.7 Å². The maximum Gasteiger partial charge on any atom is 0.269 e. The van der Waals surface area contributed by atoms with E-state index in [4.69, 9.17) is 16.3 Å². The van der Waals surface area contributed by atoms with E-state index in [1.54, 1.807) is 18.2 Å². The van der Waals surface area contributed by atoms with Crippen molar-refractivity contribution in [2.45, 2.75) is 13.0 Å². The van der Waals surface area contributed by atoms with E-state index in [2.05, 4.69) is 10.5 Å². The minimum Gasteiger partial charge on any atom is -0.489 e. The summed E-state index contributed by atoms with van der Waals surface area (Å²) in [6.07, 6.45) is 1.58. The fourth-order valence-corrected chi connectivity index (χ4v) is 2.79. The van der Waals surface area contributed by atoms with Crippen LogP contribution in [0.25, 0.3) is 0 Å². The average molecular weight is 424 g/mol. The normalized spacial score (nSPS) is 10.7. The fraction of sp³-hybridized carbons (Fsp3) is 0.0909. The van der Waals surface area contributed by atoms with Crippen LogP contribution in [0.1, 0.15) is 16.7 Å². The Labute approximate surface area is 178 Å². The average Bonchev–Trinajstić information content (AvgIpc) is 2.74. The molecule has 3 rings (SSSR count). The number of benzene rings is 3. The Morgan fingerprint density at radius 2 is 1.87 bits per heavy atom. The Balaban J connectivity index is 1.52. The minimum absolute atomic E-state index is 0.0196. The molecule has 3 aromatic carbocycles. The summed E-state index contributed by atoms with van der Waals surface area (Å²) in [5.74, 6) is 0.322. The van der Waals surface area contributed by atoms with Crippen molar-refractivity contribution in [1.29, 1.82) is 0 Å². The molecular weight excluding hydrogens is 406 g/mol. The van der Waals surface area contributed by atoms with Gasteiger partial charge >= 0.3 is 0 Å². The number of halogens is 1. The molecule has 1 N–H and O–H groups in total. The molecule has 0 fully saturated rings. The maximum absolute atomic E-state index is 12.0. The molecule has 0 unspecified atom stereocenters. The van der Waals surface area contributed by atoms with Crippen LogP contribution in [-0.2, 0) is 17.8 Å². The van der Waals surface area contributed by atoms with Crippen LogP contribution in [0.2, 0.25) is 5.02 Å². The number of carbonyl (C=O) groups is 1. The van der Waals surface area contributed by atoms with Crippen molar-refractivity contribution in [3.63, 3.8) is 0 Å². The molecular formula is C22H18ClN3O4. The highest BCUT2D eigenvalue weighted by atomic mass is 35.5. The number of hydrazone groups is 1. The second kappa shape index (κ2) is 10.2. The van der Waals surface area contributed by atoms with E-state index in [1.807, 2.05) is 42.5 Å². The molecule has 7 nitrogen and oxygen atoms in total. The van der Waals surface area contributed by atoms with Gasteiger partial charge in [-0.25, -0.2) is 5.43 Å². The standard InChI is InChI=1S/C22H18ClN3O4/c23-21-7-2-1-5-18(21)15-30-20-6-3-4-17(12-20)14-24-25-22(27)13-16-8-10-19(11-9-16)26(28)29/h1-12,14H,13,15H2,(H,25,27)/b24-14-. The Bertz CT molecular complexity index is 1070. The number of hydrogen-bond donors (Lipinski definition) is 1. The third-order valence-corrected chi connectivity index (χ3v) is 4.49. The molecule has 0 heterocycles. The van der Waals surface area contributed by atoms with Gasteiger partial charge in [-0.15, -0.1) is 0 Å². The van der Waals surface area contributed by atoms with Gasteiger partial charge in [0.2, 0.25) is 5.91 Å². The van der Waals surface area contributed by atoms with Gasteiger partial charge in [0.15, 0.2) is 0 Å². The van der Waals surface area contributed by atoms with Gasteiger partial charge in [0.25, 0.3) is 5.69 Å². The van der Waals surface area contributed by atoms with Crippen molar-refractivity contribution in [2.24, 2.45) is 5.10 Å². The summed E-state index contributed by atoms with van der Waals surface area (Å²) in [6, 6.07) is 20.5. The Morgan fingerprint density at radius 3 is 2.60 bits per heavy atom. The van der Waals surface area contributed by atoms with E-state index < -0.39 is 4.92 Å². The summed E-state index contributed by atoms with van der Waals surface area (Å²) >= 11 is 6.13. The number of nitrogens with one attached hydrogen (secondary N) is 1. The minimum atomic E-state index is -0.486. The summed E-state index contributed by atoms with van der Waals surface area (Å²) in [4.78, 5) is 22.2. The Morgan fingerprint density at radius 1 is 1.10 bits per heavy atom. The summed E-state index contributed by atoms with van der Waals surface area (Å²) in [6.45, 7) is 0.340. The smallest absolute Gasteiger partial charge is 0.269 e. The Kier molecular flexibility index (Phi) is 7.13. The number of nitro benzene ring substituents is 1. The highest BCUT2D eigenvalue weighted by Crippen LogP contribution is 2.19. The monoisotopic (exact) mass is 423 g/mol. The number of non-ortho nitro benzene ring substituents is 1. The van der Waals surface area contributed by atoms with E-state index in [1.165, 1.54) is 18.3 Å². The summed E-state index contributed by atoms with van der Waals surface area (Å²) < 4.78 is 5.77. The topological polar surface area (TPSA) is 93.8 Å². The van der Waals surface area contributed by atoms with E-state index in [0.717, 1.165) is 11.1 Å². The van der Waals surface area contributed by atoms with Crippen LogP contribution in [0.3, 0.4) is 0 Å². The van der Waals surface area contributed by atoms with Crippen LogP contribution in [0.5, 0.6) is 5.75 Å². The highest BCUT2D eigenvalue weighted by Gasteiger charge is 2.07. The van der Waals surface area contributed by atoms with Gasteiger partial charge < -0.3 is 4.74 Å². The third-order valence-electron chi connectivity index (χ3n) is 4.12. The first-order valence-electron chi connectivity index (χ1n) is 9.03. The summed E-state index contributed by atoms with van der Waals surface area (Å²) in [7, 11) is 0. The van der Waals surface area contributed by atoms with Gasteiger partial charge in [-0.1, -0.05) is 54.1 Å². The molecule has 8 heteroatoms. The van der Waals surface area contributed by atoms with Crippen molar-refractivity contribution in [3.05, 3.63) is 105 Å². The molecule has 0 aromatic heterocycles. The molecule has 0 radical (unpaired) electrons. The van der Waals surface area contributed by atoms with Crippen molar-refractivity contribution in [3.8, 4) is 5.75 Å². The van der Waals surface area contributed by atoms with Crippen molar-refractivity contribution < 1.29 is 14.5 Å². The SMILES string of the molecule is O=C(Cc1ccc([N+](=O)[O-])cc1)N/N=C\c1cccc(OCc2ccccc2Cl)c1. The van der Waals surface area contributed by atoms with Crippen LogP contribution in [0.4, 0.5) is 5.69 Å². The van der Waals surface area contributed by atoms with E-state index in [0.29, 0.717) is 22.9 Å². The second-order valence-electron chi connectivity index (χ2n) is 6.35. The number of nitrogens with zero attached hydrogens (tertiary/aromatic N) is 2. The number of amides is 1. The maximum atomic E-state index is 12.0. The van der Waals surface area contributed by atoms with Crippen LogP contribution >= 0.6 is 11.6 Å². The predicted octanol–water partition coefficient (Wildman–Crippen LogP) is 4.52. The zero-order valence-electron chi connectivity index (χ0n) is 15.8. The number of nitro groups is 1. The van der Waals surface area contributed by atoms with Crippen LogP contribution < -0.4 is 10.2 Å². The van der Waals surface area contributed by atoms with Crippen LogP contribution in [0, 0.1) is 10.1 Å². The van der Waals surface area contributed by atoms with E-state index >= 15 is 0 Å². The number of ether oxygens (including phenoxy) is 1. The first-order valence-corrected chi connectivity index (χ1v) is 9.40. The van der Waals surface area contributed by atoms with E-state index in [9.17, 15) is 14.9 Å². The molecule has 0 aliphatic carbocycles. The first-order chi connectivity index (χ1) is 14.5. The highest BCUT2D eigenvalue weighted by molar-refractivity contribution is 6.31. The first kappa shape index (κ1) is 21.0. The molecule has 0 aliphatic heterocycles. The lowest BCUT2D eigenvalue weighted by Gasteiger charge is -2.08. The van der Waals surface area contributed by atoms with Gasteiger partial charge in [-0.2, -0.15) is 5.10 Å². The zero-order valence-corrected chi connectivity index (χ0v) is 16.6. The third kappa shape index (κ3) is 6.15. The molecule has 0 saturated heterocycles. The van der Waals surface area contributed by atoms with Crippen molar-refractivity contribution >= 4 is 29.4 Å². The number of carbonyl (C=O) groups excluding carboxylic acids is 1. The lowest BCUT2D eigenvalue weighted by Crippen LogP contribution is -2.19. The van der Waals surface area contributed by atoms with Crippen LogP contribution in [-0.4, -0.2) is 17.0 Å². The van der Waals surface area contributed by atoms with Crippen LogP contribution in [0.15, 0.2) is 77.9 Å². The van der Waals surface area contributed by atoms with Gasteiger partial charge in [-0.05, 0) is 29.3 Å². The zero-order chi connectivity index (χ0) is 21.3. The molecule has 0 saturated carbocycles. The fourth-order valence-electron chi connectivity index (χ4n) is 2.60. The van der Waals surface area contributed by atoms with Gasteiger partial charge in [0.05, 0.1) is 17.6 Å². The quantitative estimate of drug-likeness (QED) is 0.327. The van der Waals surface area contributed by atoms with Crippen molar-refractivity contribution in [2.75, 3.05) is 0 Å².